The number of ether oxygens (including phenoxy) is 2. The third-order valence-electron chi connectivity index (χ3n) is 6.91. The van der Waals surface area contributed by atoms with E-state index in [9.17, 15) is 9.59 Å². The topological polar surface area (TPSA) is 119 Å². The number of rotatable bonds is 8. The van der Waals surface area contributed by atoms with Gasteiger partial charge in [-0.05, 0) is 59.6 Å². The van der Waals surface area contributed by atoms with E-state index in [1.54, 1.807) is 41.7 Å². The molecule has 16 heteroatoms. The van der Waals surface area contributed by atoms with Crippen LogP contribution in [0.5, 0.6) is 0 Å². The van der Waals surface area contributed by atoms with Gasteiger partial charge in [0.1, 0.15) is 10.0 Å². The smallest absolute Gasteiger partial charge is 0.465 e. The van der Waals surface area contributed by atoms with Crippen LogP contribution in [0.25, 0.3) is 21.1 Å². The van der Waals surface area contributed by atoms with E-state index in [2.05, 4.69) is 25.9 Å². The van der Waals surface area contributed by atoms with Gasteiger partial charge in [0.2, 0.25) is 0 Å². The second kappa shape index (κ2) is 20.2. The molecule has 8 nitrogen and oxygen atoms in total. The molecule has 0 atom stereocenters. The molecule has 0 aliphatic heterocycles. The van der Waals surface area contributed by atoms with Crippen LogP contribution in [-0.2, 0) is 21.2 Å². The normalized spacial score (nSPS) is 10.3. The first kappa shape index (κ1) is 41.5. The summed E-state index contributed by atoms with van der Waals surface area (Å²) in [7, 11) is 1.25. The van der Waals surface area contributed by atoms with Crippen molar-refractivity contribution in [1.82, 2.24) is 9.97 Å². The standard InChI is InChI=1S/C18H13Cl2NO2S.C12H10BrNO2S.C6H5BCl2O2/c1-23-18(22)13-4-2-3-12(9-13)17-21-14(10-24-17)7-11-5-6-15(19)16(20)8-11;1-16-12(15)9-4-2-3-8(5-9)11-14-10(6-13)7-17-11;8-5-2-1-4(7(10)11)3-6(5)9/h2-6,8-10H,7H2,1H3;2-5,7H,6H2,1H3;1-3,10-11H. The van der Waals surface area contributed by atoms with E-state index < -0.39 is 7.12 Å². The van der Waals surface area contributed by atoms with E-state index in [-0.39, 0.29) is 11.9 Å². The lowest BCUT2D eigenvalue weighted by Gasteiger charge is -2.02. The van der Waals surface area contributed by atoms with Crippen molar-refractivity contribution in [1.29, 1.82) is 0 Å². The molecule has 6 aromatic rings. The van der Waals surface area contributed by atoms with Crippen molar-refractivity contribution in [3.63, 3.8) is 0 Å². The Morgan fingerprint density at radius 2 is 1.19 bits per heavy atom. The molecule has 0 aliphatic carbocycles. The molecule has 268 valence electrons. The quantitative estimate of drug-likeness (QED) is 0.0882. The molecule has 52 heavy (non-hydrogen) atoms. The maximum Gasteiger partial charge on any atom is 0.488 e. The molecule has 0 saturated carbocycles. The van der Waals surface area contributed by atoms with E-state index in [4.69, 9.17) is 65.9 Å². The minimum absolute atomic E-state index is 0.317. The fourth-order valence-electron chi connectivity index (χ4n) is 4.35. The van der Waals surface area contributed by atoms with Gasteiger partial charge in [-0.25, -0.2) is 19.6 Å². The van der Waals surface area contributed by atoms with E-state index in [1.165, 1.54) is 43.8 Å². The molecular weight excluding hydrogens is 853 g/mol. The first-order valence-electron chi connectivity index (χ1n) is 15.0. The molecule has 6 rings (SSSR count). The highest BCUT2D eigenvalue weighted by Crippen LogP contribution is 2.28. The van der Waals surface area contributed by atoms with Gasteiger partial charge in [-0.1, -0.05) is 98.7 Å². The Balaban J connectivity index is 0.000000188. The van der Waals surface area contributed by atoms with Gasteiger partial charge in [-0.2, -0.15) is 0 Å². The molecule has 0 saturated heterocycles. The summed E-state index contributed by atoms with van der Waals surface area (Å²) in [6.07, 6.45) is 0.671. The Morgan fingerprint density at radius 3 is 1.65 bits per heavy atom. The van der Waals surface area contributed by atoms with Gasteiger partial charge in [0, 0.05) is 33.6 Å². The Bertz CT molecular complexity index is 2150. The summed E-state index contributed by atoms with van der Waals surface area (Å²) < 4.78 is 9.44. The summed E-state index contributed by atoms with van der Waals surface area (Å²) in [6.45, 7) is 0. The summed E-state index contributed by atoms with van der Waals surface area (Å²) in [5.74, 6) is -0.687. The van der Waals surface area contributed by atoms with Crippen molar-refractivity contribution in [2.75, 3.05) is 14.2 Å². The van der Waals surface area contributed by atoms with Gasteiger partial charge < -0.3 is 19.5 Å². The number of aromatic nitrogens is 2. The van der Waals surface area contributed by atoms with E-state index in [1.807, 2.05) is 47.2 Å². The number of nitrogens with zero attached hydrogens (tertiary/aromatic N) is 2. The average Bonchev–Trinajstić information content (AvgIpc) is 3.85. The van der Waals surface area contributed by atoms with Gasteiger partial charge in [-0.3, -0.25) is 0 Å². The maximum atomic E-state index is 11.6. The van der Waals surface area contributed by atoms with Crippen LogP contribution in [0.2, 0.25) is 20.1 Å². The number of methoxy groups -OCH3 is 2. The summed E-state index contributed by atoms with van der Waals surface area (Å²) >= 11 is 29.6. The molecule has 0 unspecified atom stereocenters. The molecule has 0 bridgehead atoms. The molecule has 2 heterocycles. The predicted molar refractivity (Wildman–Crippen MR) is 216 cm³/mol. The highest BCUT2D eigenvalue weighted by Gasteiger charge is 2.13. The van der Waals surface area contributed by atoms with Gasteiger partial charge in [0.25, 0.3) is 0 Å². The SMILES string of the molecule is COC(=O)c1cccc(-c2nc(CBr)cs2)c1.COC(=O)c1cccc(-c2nc(Cc3ccc(Cl)c(Cl)c3)cs2)c1.OB(O)c1ccc(Cl)c(Cl)c1. The maximum absolute atomic E-state index is 11.6. The molecular formula is C36H28BBrCl4N2O6S2. The van der Waals surface area contributed by atoms with Crippen molar-refractivity contribution in [3.8, 4) is 21.1 Å². The van der Waals surface area contributed by atoms with Gasteiger partial charge in [0.15, 0.2) is 0 Å². The molecule has 0 fully saturated rings. The van der Waals surface area contributed by atoms with E-state index in [0.29, 0.717) is 43.1 Å². The highest BCUT2D eigenvalue weighted by molar-refractivity contribution is 9.08. The summed E-state index contributed by atoms with van der Waals surface area (Å²) in [4.78, 5) is 32.1. The number of hydrogen-bond acceptors (Lipinski definition) is 10. The van der Waals surface area contributed by atoms with E-state index >= 15 is 0 Å². The van der Waals surface area contributed by atoms with Crippen LogP contribution in [0.15, 0.2) is 95.7 Å². The zero-order valence-electron chi connectivity index (χ0n) is 27.4. The Kier molecular flexibility index (Phi) is 16.1. The largest absolute Gasteiger partial charge is 0.488 e. The second-order valence-corrected chi connectivity index (χ2v) is 14.4. The lowest BCUT2D eigenvalue weighted by atomic mass is 9.80. The van der Waals surface area contributed by atoms with Crippen LogP contribution >= 0.6 is 85.0 Å². The number of alkyl halides is 1. The Morgan fingerprint density at radius 1 is 0.692 bits per heavy atom. The summed E-state index contributed by atoms with van der Waals surface area (Å²) in [6, 6.07) is 24.5. The number of halogens is 5. The monoisotopic (exact) mass is 878 g/mol. The summed E-state index contributed by atoms with van der Waals surface area (Å²) in [5.41, 5.74) is 6.19. The van der Waals surface area contributed by atoms with Crippen molar-refractivity contribution >= 4 is 110 Å². The number of benzene rings is 4. The molecule has 0 spiro atoms. The molecule has 2 aromatic heterocycles. The highest BCUT2D eigenvalue weighted by atomic mass is 79.9. The minimum atomic E-state index is -1.50. The van der Waals surface area contributed by atoms with E-state index in [0.717, 1.165) is 43.4 Å². The zero-order valence-corrected chi connectivity index (χ0v) is 33.6. The van der Waals surface area contributed by atoms with Crippen molar-refractivity contribution in [2.45, 2.75) is 11.8 Å². The number of carbonyl (C=O) groups is 2. The number of thiazole rings is 2. The minimum Gasteiger partial charge on any atom is -0.465 e. The predicted octanol–water partition coefficient (Wildman–Crippen LogP) is 9.66. The molecule has 0 aliphatic rings. The van der Waals surface area contributed by atoms with Crippen molar-refractivity contribution < 1.29 is 29.1 Å². The van der Waals surface area contributed by atoms with Crippen LogP contribution in [-0.4, -0.2) is 53.3 Å². The Labute approximate surface area is 337 Å². The first-order valence-corrected chi connectivity index (χ1v) is 19.4. The molecule has 4 aromatic carbocycles. The third-order valence-corrected chi connectivity index (χ3v) is 10.8. The third kappa shape index (κ3) is 11.9. The van der Waals surface area contributed by atoms with Crippen LogP contribution < -0.4 is 5.46 Å². The zero-order chi connectivity index (χ0) is 37.8. The summed E-state index contributed by atoms with van der Waals surface area (Å²) in [5, 5.41) is 25.7. The lowest BCUT2D eigenvalue weighted by molar-refractivity contribution is 0.0592. The number of hydrogen-bond donors (Lipinski definition) is 2. The van der Waals surface area contributed by atoms with Crippen molar-refractivity contribution in [3.05, 3.63) is 144 Å². The fraction of sp³-hybridized carbons (Fsp3) is 0.111. The van der Waals surface area contributed by atoms with Gasteiger partial charge >= 0.3 is 19.1 Å². The lowest BCUT2D eigenvalue weighted by Crippen LogP contribution is -2.29. The van der Waals surface area contributed by atoms with Crippen LogP contribution in [0, 0.1) is 0 Å². The molecule has 0 radical (unpaired) electrons. The van der Waals surface area contributed by atoms with Gasteiger partial charge in [-0.15, -0.1) is 22.7 Å². The number of carbonyl (C=O) groups excluding carboxylic acids is 2. The van der Waals surface area contributed by atoms with Gasteiger partial charge in [0.05, 0.1) is 56.8 Å². The van der Waals surface area contributed by atoms with Crippen LogP contribution in [0.1, 0.15) is 37.7 Å². The Hall–Kier alpha value is -3.30. The fourth-order valence-corrected chi connectivity index (χ4v) is 7.11. The number of esters is 2. The average molecular weight is 881 g/mol. The molecule has 2 N–H and O–H groups in total. The van der Waals surface area contributed by atoms with Crippen LogP contribution in [0.4, 0.5) is 0 Å². The van der Waals surface area contributed by atoms with Crippen molar-refractivity contribution in [2.24, 2.45) is 0 Å². The molecule has 0 amide bonds. The first-order chi connectivity index (χ1) is 24.9. The van der Waals surface area contributed by atoms with Crippen LogP contribution in [0.3, 0.4) is 0 Å². The second-order valence-electron chi connectivity index (χ2n) is 10.5.